The molecule has 0 aliphatic rings. The first kappa shape index (κ1) is 24.1. The number of esters is 1. The van der Waals surface area contributed by atoms with Gasteiger partial charge >= 0.3 is 5.97 Å². The minimum Gasteiger partial charge on any atom is -0.493 e. The van der Waals surface area contributed by atoms with E-state index in [2.05, 4.69) is 10.6 Å². The van der Waals surface area contributed by atoms with Gasteiger partial charge in [0, 0.05) is 11.3 Å². The molecule has 0 atom stereocenters. The molecule has 0 saturated heterocycles. The molecule has 3 rings (SSSR count). The van der Waals surface area contributed by atoms with Crippen molar-refractivity contribution < 1.29 is 33.3 Å². The smallest absolute Gasteiger partial charge is 0.325 e. The van der Waals surface area contributed by atoms with Gasteiger partial charge in [-0.1, -0.05) is 18.2 Å². The van der Waals surface area contributed by atoms with Crippen molar-refractivity contribution in [3.05, 3.63) is 78.4 Å². The third-order valence-electron chi connectivity index (χ3n) is 4.52. The summed E-state index contributed by atoms with van der Waals surface area (Å²) in [4.78, 5) is 36.2. The van der Waals surface area contributed by atoms with Crippen LogP contribution in [-0.2, 0) is 14.3 Å². The Morgan fingerprint density at radius 3 is 2.15 bits per heavy atom. The summed E-state index contributed by atoms with van der Waals surface area (Å²) in [5, 5.41) is 5.05. The van der Waals surface area contributed by atoms with Gasteiger partial charge in [0.15, 0.2) is 18.1 Å². The van der Waals surface area contributed by atoms with Crippen molar-refractivity contribution in [1.29, 1.82) is 0 Å². The maximum atomic E-state index is 12.2. The van der Waals surface area contributed by atoms with Crippen molar-refractivity contribution in [2.24, 2.45) is 0 Å². The third-order valence-corrected chi connectivity index (χ3v) is 4.52. The number of carbonyl (C=O) groups excluding carboxylic acids is 3. The van der Waals surface area contributed by atoms with Gasteiger partial charge in [-0.15, -0.1) is 0 Å². The van der Waals surface area contributed by atoms with Crippen molar-refractivity contribution in [3.63, 3.8) is 0 Å². The van der Waals surface area contributed by atoms with Gasteiger partial charge in [-0.05, 0) is 54.6 Å². The minimum absolute atomic E-state index is 0.280. The van der Waals surface area contributed by atoms with Crippen molar-refractivity contribution in [2.75, 3.05) is 32.7 Å². The first-order valence-electron chi connectivity index (χ1n) is 10.3. The molecule has 3 aromatic carbocycles. The van der Waals surface area contributed by atoms with Crippen molar-refractivity contribution in [3.8, 4) is 23.0 Å². The molecule has 0 radical (unpaired) electrons. The number of hydrogen-bond donors (Lipinski definition) is 2. The van der Waals surface area contributed by atoms with Crippen molar-refractivity contribution in [1.82, 2.24) is 5.32 Å². The van der Waals surface area contributed by atoms with Crippen LogP contribution in [0.25, 0.3) is 0 Å². The molecule has 0 bridgehead atoms. The zero-order chi connectivity index (χ0) is 24.3. The lowest BCUT2D eigenvalue weighted by Gasteiger charge is -2.10. The normalized spacial score (nSPS) is 10.1. The van der Waals surface area contributed by atoms with E-state index < -0.39 is 30.9 Å². The molecule has 0 aromatic heterocycles. The number of amides is 2. The lowest BCUT2D eigenvalue weighted by Crippen LogP contribution is -2.32. The van der Waals surface area contributed by atoms with Gasteiger partial charge in [-0.3, -0.25) is 14.4 Å². The van der Waals surface area contributed by atoms with E-state index >= 15 is 0 Å². The highest BCUT2D eigenvalue weighted by molar-refractivity contribution is 5.97. The SMILES string of the molecule is COc1ccc(C(=O)NCC(=O)OCC(=O)Nc2ccc(Oc3ccccc3)cc2)cc1OC. The zero-order valence-electron chi connectivity index (χ0n) is 18.7. The Kier molecular flexibility index (Phi) is 8.45. The van der Waals surface area contributed by atoms with Crippen LogP contribution in [0.1, 0.15) is 10.4 Å². The molecule has 0 unspecified atom stereocenters. The molecule has 0 aliphatic heterocycles. The van der Waals surface area contributed by atoms with Crippen LogP contribution in [0.2, 0.25) is 0 Å². The Labute approximate surface area is 196 Å². The molecule has 0 saturated carbocycles. The predicted molar refractivity (Wildman–Crippen MR) is 124 cm³/mol. The molecule has 0 fully saturated rings. The summed E-state index contributed by atoms with van der Waals surface area (Å²) in [6, 6.07) is 20.6. The van der Waals surface area contributed by atoms with Gasteiger partial charge in [0.1, 0.15) is 18.0 Å². The molecule has 0 spiro atoms. The summed E-state index contributed by atoms with van der Waals surface area (Å²) in [5.41, 5.74) is 0.797. The van der Waals surface area contributed by atoms with Crippen LogP contribution in [0.15, 0.2) is 72.8 Å². The Morgan fingerprint density at radius 1 is 0.794 bits per heavy atom. The molecular weight excluding hydrogens is 440 g/mol. The van der Waals surface area contributed by atoms with E-state index in [1.165, 1.54) is 26.4 Å². The number of carbonyl (C=O) groups is 3. The monoisotopic (exact) mass is 464 g/mol. The Balaban J connectivity index is 1.40. The van der Waals surface area contributed by atoms with Crippen molar-refractivity contribution >= 4 is 23.5 Å². The fourth-order valence-electron chi connectivity index (χ4n) is 2.86. The highest BCUT2D eigenvalue weighted by atomic mass is 16.5. The second-order valence-corrected chi connectivity index (χ2v) is 6.90. The summed E-state index contributed by atoms with van der Waals surface area (Å²) < 4.78 is 20.9. The van der Waals surface area contributed by atoms with Crippen LogP contribution in [0, 0.1) is 0 Å². The molecule has 2 N–H and O–H groups in total. The summed E-state index contributed by atoms with van der Waals surface area (Å²) in [6.45, 7) is -0.890. The topological polar surface area (TPSA) is 112 Å². The van der Waals surface area contributed by atoms with Gasteiger partial charge in [-0.25, -0.2) is 0 Å². The van der Waals surface area contributed by atoms with E-state index in [0.717, 1.165) is 0 Å². The van der Waals surface area contributed by atoms with Crippen LogP contribution in [0.3, 0.4) is 0 Å². The van der Waals surface area contributed by atoms with Crippen LogP contribution < -0.4 is 24.8 Å². The van der Waals surface area contributed by atoms with Gasteiger partial charge in [-0.2, -0.15) is 0 Å². The fourth-order valence-corrected chi connectivity index (χ4v) is 2.86. The number of rotatable bonds is 10. The van der Waals surface area contributed by atoms with E-state index in [0.29, 0.717) is 28.7 Å². The highest BCUT2D eigenvalue weighted by Gasteiger charge is 2.13. The minimum atomic E-state index is -0.754. The van der Waals surface area contributed by atoms with Crippen LogP contribution >= 0.6 is 0 Å². The van der Waals surface area contributed by atoms with Gasteiger partial charge < -0.3 is 29.6 Å². The highest BCUT2D eigenvalue weighted by Crippen LogP contribution is 2.27. The first-order valence-corrected chi connectivity index (χ1v) is 10.3. The third kappa shape index (κ3) is 6.99. The van der Waals surface area contributed by atoms with Crippen LogP contribution in [0.4, 0.5) is 5.69 Å². The molecule has 34 heavy (non-hydrogen) atoms. The Hall–Kier alpha value is -4.53. The van der Waals surface area contributed by atoms with E-state index in [9.17, 15) is 14.4 Å². The van der Waals surface area contributed by atoms with Crippen molar-refractivity contribution in [2.45, 2.75) is 0 Å². The Bertz CT molecular complexity index is 1130. The van der Waals surface area contributed by atoms with Gasteiger partial charge in [0.25, 0.3) is 11.8 Å². The molecule has 2 amide bonds. The number of hydrogen-bond acceptors (Lipinski definition) is 7. The number of anilines is 1. The summed E-state index contributed by atoms with van der Waals surface area (Å²) in [6.07, 6.45) is 0. The maximum absolute atomic E-state index is 12.2. The summed E-state index contributed by atoms with van der Waals surface area (Å²) in [7, 11) is 2.94. The van der Waals surface area contributed by atoms with Crippen LogP contribution in [0.5, 0.6) is 23.0 Å². The molecular formula is C25H24N2O7. The standard InChI is InChI=1S/C25H24N2O7/c1-31-21-13-8-17(14-22(21)32-2)25(30)26-15-24(29)33-16-23(28)27-18-9-11-20(12-10-18)34-19-6-4-3-5-7-19/h3-14H,15-16H2,1-2H3,(H,26,30)(H,27,28). The quantitative estimate of drug-likeness (QED) is 0.442. The van der Waals surface area contributed by atoms with E-state index in [1.54, 1.807) is 30.3 Å². The average Bonchev–Trinajstić information content (AvgIpc) is 2.87. The number of methoxy groups -OCH3 is 2. The molecule has 0 aliphatic carbocycles. The lowest BCUT2D eigenvalue weighted by molar-refractivity contribution is -0.146. The predicted octanol–water partition coefficient (Wildman–Crippen LogP) is 3.41. The second kappa shape index (κ2) is 11.9. The molecule has 176 valence electrons. The van der Waals surface area contributed by atoms with E-state index in [1.807, 2.05) is 30.3 Å². The first-order chi connectivity index (χ1) is 16.5. The number of benzene rings is 3. The molecule has 0 heterocycles. The number of nitrogens with one attached hydrogen (secondary N) is 2. The average molecular weight is 464 g/mol. The molecule has 9 nitrogen and oxygen atoms in total. The summed E-state index contributed by atoms with van der Waals surface area (Å²) >= 11 is 0. The van der Waals surface area contributed by atoms with Gasteiger partial charge in [0.2, 0.25) is 0 Å². The second-order valence-electron chi connectivity index (χ2n) is 6.90. The number of para-hydroxylation sites is 1. The van der Waals surface area contributed by atoms with E-state index in [4.69, 9.17) is 18.9 Å². The fraction of sp³-hybridized carbons (Fsp3) is 0.160. The molecule has 9 heteroatoms. The largest absolute Gasteiger partial charge is 0.493 e. The zero-order valence-corrected chi connectivity index (χ0v) is 18.7. The van der Waals surface area contributed by atoms with Crippen LogP contribution in [-0.4, -0.2) is 45.2 Å². The van der Waals surface area contributed by atoms with Gasteiger partial charge in [0.05, 0.1) is 14.2 Å². The Morgan fingerprint density at radius 2 is 1.47 bits per heavy atom. The van der Waals surface area contributed by atoms with E-state index in [-0.39, 0.29) is 5.56 Å². The summed E-state index contributed by atoms with van der Waals surface area (Å²) in [5.74, 6) is 0.397. The maximum Gasteiger partial charge on any atom is 0.325 e. The number of ether oxygens (including phenoxy) is 4. The molecule has 3 aromatic rings. The lowest BCUT2D eigenvalue weighted by atomic mass is 10.2.